The second-order valence-electron chi connectivity index (χ2n) is 6.18. The molecule has 0 heterocycles. The van der Waals surface area contributed by atoms with E-state index in [9.17, 15) is 19.5 Å². The molecular formula is C20H18O7. The lowest BCUT2D eigenvalue weighted by Crippen LogP contribution is -2.30. The zero-order valence-corrected chi connectivity index (χ0v) is 14.6. The van der Waals surface area contributed by atoms with Crippen LogP contribution in [0.15, 0.2) is 42.5 Å². The molecule has 1 N–H and O–H groups in total. The van der Waals surface area contributed by atoms with E-state index >= 15 is 0 Å². The van der Waals surface area contributed by atoms with Gasteiger partial charge in [0.05, 0.1) is 12.7 Å². The molecule has 2 aromatic rings. The first-order chi connectivity index (χ1) is 13.0. The first-order valence-electron chi connectivity index (χ1n) is 8.30. The summed E-state index contributed by atoms with van der Waals surface area (Å²) >= 11 is 0. The molecule has 1 saturated carbocycles. The minimum Gasteiger partial charge on any atom is -0.493 e. The first kappa shape index (κ1) is 18.4. The predicted molar refractivity (Wildman–Crippen MR) is 94.1 cm³/mol. The molecule has 0 radical (unpaired) electrons. The molecule has 3 rings (SSSR count). The summed E-state index contributed by atoms with van der Waals surface area (Å²) in [5, 5.41) is 9.27. The van der Waals surface area contributed by atoms with Gasteiger partial charge in [-0.15, -0.1) is 0 Å². The number of carboxylic acids is 1. The Labute approximate surface area is 155 Å². The molecule has 7 nitrogen and oxygen atoms in total. The van der Waals surface area contributed by atoms with E-state index < -0.39 is 17.4 Å². The van der Waals surface area contributed by atoms with Crippen LogP contribution < -0.4 is 14.2 Å². The van der Waals surface area contributed by atoms with Crippen molar-refractivity contribution in [2.45, 2.75) is 19.4 Å². The number of carboxylic acid groups (broad SMARTS) is 1. The fourth-order valence-corrected chi connectivity index (χ4v) is 2.61. The van der Waals surface area contributed by atoms with E-state index in [0.717, 1.165) is 5.56 Å². The lowest BCUT2D eigenvalue weighted by Gasteiger charge is -2.18. The predicted octanol–water partition coefficient (Wildman–Crippen LogP) is 2.86. The summed E-state index contributed by atoms with van der Waals surface area (Å²) in [4.78, 5) is 35.2. The van der Waals surface area contributed by atoms with Gasteiger partial charge in [-0.1, -0.05) is 30.3 Å². The summed E-state index contributed by atoms with van der Waals surface area (Å²) in [7, 11) is 1.41. The fraction of sp³-hybridized carbons (Fsp3) is 0.250. The molecule has 0 saturated heterocycles. The molecule has 0 aromatic heterocycles. The Balaban J connectivity index is 1.94. The van der Waals surface area contributed by atoms with Gasteiger partial charge in [-0.25, -0.2) is 0 Å². The third-order valence-corrected chi connectivity index (χ3v) is 4.42. The Morgan fingerprint density at radius 2 is 1.81 bits per heavy atom. The van der Waals surface area contributed by atoms with Crippen LogP contribution in [0.25, 0.3) is 0 Å². The van der Waals surface area contributed by atoms with Crippen LogP contribution in [0.3, 0.4) is 0 Å². The molecule has 0 amide bonds. The van der Waals surface area contributed by atoms with Crippen molar-refractivity contribution in [3.05, 3.63) is 53.6 Å². The van der Waals surface area contributed by atoms with Crippen molar-refractivity contribution in [1.82, 2.24) is 0 Å². The highest BCUT2D eigenvalue weighted by atomic mass is 16.6. The standard InChI is InChI=1S/C20H18O7/c1-25-15-8-7-14(11-21)16(27-19(24)20(9-10-20)18(22)23)17(15)26-12-13-5-3-2-4-6-13/h2-8,11H,9-10,12H2,1H3,(H,22,23). The molecule has 0 aliphatic heterocycles. The molecule has 1 aliphatic carbocycles. The van der Waals surface area contributed by atoms with Gasteiger partial charge in [0.25, 0.3) is 0 Å². The van der Waals surface area contributed by atoms with E-state index in [0.29, 0.717) is 6.29 Å². The summed E-state index contributed by atoms with van der Waals surface area (Å²) in [5.41, 5.74) is -0.633. The normalized spacial score (nSPS) is 14.1. The van der Waals surface area contributed by atoms with Crippen LogP contribution in [0.1, 0.15) is 28.8 Å². The first-order valence-corrected chi connectivity index (χ1v) is 8.30. The van der Waals surface area contributed by atoms with E-state index in [1.807, 2.05) is 30.3 Å². The van der Waals surface area contributed by atoms with Crippen LogP contribution in [0.4, 0.5) is 0 Å². The van der Waals surface area contributed by atoms with Gasteiger partial charge in [0.2, 0.25) is 5.75 Å². The van der Waals surface area contributed by atoms with Crippen LogP contribution >= 0.6 is 0 Å². The Hall–Kier alpha value is -3.35. The third kappa shape index (κ3) is 3.62. The molecule has 27 heavy (non-hydrogen) atoms. The van der Waals surface area contributed by atoms with Crippen LogP contribution in [0.5, 0.6) is 17.2 Å². The van der Waals surface area contributed by atoms with E-state index in [1.165, 1.54) is 19.2 Å². The highest BCUT2D eigenvalue weighted by molar-refractivity contribution is 6.03. The molecule has 0 bridgehead atoms. The summed E-state index contributed by atoms with van der Waals surface area (Å²) in [6, 6.07) is 12.2. The molecular weight excluding hydrogens is 352 g/mol. The average molecular weight is 370 g/mol. The molecule has 0 atom stereocenters. The Bertz CT molecular complexity index is 869. The maximum atomic E-state index is 12.4. The van der Waals surface area contributed by atoms with Crippen LogP contribution in [-0.4, -0.2) is 30.4 Å². The number of aliphatic carboxylic acids is 1. The second-order valence-corrected chi connectivity index (χ2v) is 6.18. The minimum atomic E-state index is -1.56. The average Bonchev–Trinajstić information content (AvgIpc) is 3.49. The van der Waals surface area contributed by atoms with Gasteiger partial charge in [-0.2, -0.15) is 0 Å². The van der Waals surface area contributed by atoms with Crippen molar-refractivity contribution < 1.29 is 33.7 Å². The van der Waals surface area contributed by atoms with E-state index in [4.69, 9.17) is 14.2 Å². The number of methoxy groups -OCH3 is 1. The highest BCUT2D eigenvalue weighted by Gasteiger charge is 2.59. The van der Waals surface area contributed by atoms with Gasteiger partial charge < -0.3 is 19.3 Å². The maximum absolute atomic E-state index is 12.4. The van der Waals surface area contributed by atoms with Crippen molar-refractivity contribution in [2.75, 3.05) is 7.11 Å². The van der Waals surface area contributed by atoms with Crippen LogP contribution in [0, 0.1) is 5.41 Å². The summed E-state index contributed by atoms with van der Waals surface area (Å²) in [6.07, 6.45) is 0.904. The number of aldehydes is 1. The number of rotatable bonds is 8. The van der Waals surface area contributed by atoms with Gasteiger partial charge in [0, 0.05) is 0 Å². The zero-order chi connectivity index (χ0) is 19.4. The quantitative estimate of drug-likeness (QED) is 0.330. The van der Waals surface area contributed by atoms with Crippen molar-refractivity contribution in [1.29, 1.82) is 0 Å². The molecule has 1 fully saturated rings. The summed E-state index contributed by atoms with van der Waals surface area (Å²) in [5.74, 6) is -1.97. The number of ether oxygens (including phenoxy) is 3. The third-order valence-electron chi connectivity index (χ3n) is 4.42. The van der Waals surface area contributed by atoms with Crippen LogP contribution in [0.2, 0.25) is 0 Å². The SMILES string of the molecule is COc1ccc(C=O)c(OC(=O)C2(C(=O)O)CC2)c1OCc1ccccc1. The van der Waals surface area contributed by atoms with E-state index in [-0.39, 0.29) is 42.3 Å². The van der Waals surface area contributed by atoms with E-state index in [1.54, 1.807) is 0 Å². The minimum absolute atomic E-state index is 0.0633. The number of esters is 1. The highest BCUT2D eigenvalue weighted by Crippen LogP contribution is 2.49. The largest absolute Gasteiger partial charge is 0.493 e. The molecule has 0 spiro atoms. The van der Waals surface area contributed by atoms with Crippen molar-refractivity contribution in [2.24, 2.45) is 5.41 Å². The Morgan fingerprint density at radius 1 is 1.11 bits per heavy atom. The molecule has 2 aromatic carbocycles. The summed E-state index contributed by atoms with van der Waals surface area (Å²) < 4.78 is 16.4. The fourth-order valence-electron chi connectivity index (χ4n) is 2.61. The number of hydrogen-bond acceptors (Lipinski definition) is 6. The molecule has 1 aliphatic rings. The molecule has 140 valence electrons. The monoisotopic (exact) mass is 370 g/mol. The molecule has 0 unspecified atom stereocenters. The summed E-state index contributed by atoms with van der Waals surface area (Å²) in [6.45, 7) is 0.147. The lowest BCUT2D eigenvalue weighted by atomic mass is 10.1. The number of carbonyl (C=O) groups excluding carboxylic acids is 2. The van der Waals surface area contributed by atoms with Gasteiger partial charge in [0.1, 0.15) is 6.61 Å². The van der Waals surface area contributed by atoms with Crippen molar-refractivity contribution in [3.8, 4) is 17.2 Å². The van der Waals surface area contributed by atoms with Gasteiger partial charge in [0.15, 0.2) is 23.2 Å². The number of hydrogen-bond donors (Lipinski definition) is 1. The smallest absolute Gasteiger partial charge is 0.329 e. The topological polar surface area (TPSA) is 99.1 Å². The Kier molecular flexibility index (Phi) is 5.12. The maximum Gasteiger partial charge on any atom is 0.329 e. The lowest BCUT2D eigenvalue weighted by molar-refractivity contribution is -0.155. The number of carbonyl (C=O) groups is 3. The molecule has 7 heteroatoms. The zero-order valence-electron chi connectivity index (χ0n) is 14.6. The van der Waals surface area contributed by atoms with Crippen molar-refractivity contribution in [3.63, 3.8) is 0 Å². The van der Waals surface area contributed by atoms with Gasteiger partial charge >= 0.3 is 11.9 Å². The van der Waals surface area contributed by atoms with Crippen molar-refractivity contribution >= 4 is 18.2 Å². The van der Waals surface area contributed by atoms with E-state index in [2.05, 4.69) is 0 Å². The van der Waals surface area contributed by atoms with Gasteiger partial charge in [-0.05, 0) is 30.5 Å². The second kappa shape index (κ2) is 7.49. The Morgan fingerprint density at radius 3 is 2.37 bits per heavy atom. The van der Waals surface area contributed by atoms with Crippen LogP contribution in [-0.2, 0) is 16.2 Å². The van der Waals surface area contributed by atoms with Gasteiger partial charge in [-0.3, -0.25) is 14.4 Å². The number of benzene rings is 2.